The molecule has 0 atom stereocenters. The normalized spacial score (nSPS) is 6.56. The van der Waals surface area contributed by atoms with E-state index in [1.54, 1.807) is 0 Å². The molecule has 48 valence electrons. The monoisotopic (exact) mass is 268 g/mol. The molecule has 0 aliphatic carbocycles. The molecule has 9 heteroatoms. The van der Waals surface area contributed by atoms with Crippen LogP contribution in [0.4, 0.5) is 0 Å². The Bertz CT molecular complexity index is 64.7. The van der Waals surface area contributed by atoms with E-state index >= 15 is 0 Å². The molecular formula is FeLiMn2O4P+4. The Labute approximate surface area is 96.4 Å². The van der Waals surface area contributed by atoms with Crippen LogP contribution in [-0.2, 0) is 55.8 Å². The molecule has 0 aliphatic rings. The van der Waals surface area contributed by atoms with Gasteiger partial charge in [-0.1, -0.05) is 0 Å². The second-order valence-electron chi connectivity index (χ2n) is 0.447. The molecule has 4 nitrogen and oxygen atoms in total. The van der Waals surface area contributed by atoms with E-state index in [4.69, 9.17) is 19.2 Å². The van der Waals surface area contributed by atoms with Gasteiger partial charge in [0.1, 0.15) is 0 Å². The molecule has 0 amide bonds. The van der Waals surface area contributed by atoms with Gasteiger partial charge in [0, 0.05) is 0 Å². The molecule has 0 aromatic carbocycles. The molecule has 0 aliphatic heterocycles. The SMILES string of the molecule is O=P([O-])([O-])[O-].[Fe+2].[Li+].[Mn+2].[Mn+2]. The first kappa shape index (κ1) is 30.2. The molecule has 0 aromatic rings. The summed E-state index contributed by atoms with van der Waals surface area (Å²) in [6.45, 7) is 0. The summed E-state index contributed by atoms with van der Waals surface area (Å²) in [6.07, 6.45) is 0. The standard InChI is InChI=1S/Fe.Li.2Mn.H3O4P/c;;;;1-5(2,3)4/h;;;;(H3,1,2,3,4)/q+2;+1;2*+2;/p-3. The van der Waals surface area contributed by atoms with Crippen LogP contribution in [0.1, 0.15) is 0 Å². The van der Waals surface area contributed by atoms with Gasteiger partial charge in [0.25, 0.3) is 0 Å². The summed E-state index contributed by atoms with van der Waals surface area (Å²) in [6, 6.07) is 0. The first-order valence-corrected chi connectivity index (χ1v) is 2.19. The number of hydrogen-bond donors (Lipinski definition) is 0. The maximum atomic E-state index is 8.55. The Morgan fingerprint density at radius 2 is 1.00 bits per heavy atom. The van der Waals surface area contributed by atoms with Crippen LogP contribution in [0.25, 0.3) is 0 Å². The zero-order valence-electron chi connectivity index (χ0n) is 4.19. The molecule has 0 unspecified atom stereocenters. The molecule has 0 saturated carbocycles. The summed E-state index contributed by atoms with van der Waals surface area (Å²) >= 11 is 0. The molecule has 0 aromatic heterocycles. The number of phosphoric acid groups is 1. The zero-order valence-corrected chi connectivity index (χ0v) is 8.55. The molecule has 2 radical (unpaired) electrons. The van der Waals surface area contributed by atoms with Crippen molar-refractivity contribution in [3.05, 3.63) is 0 Å². The fraction of sp³-hybridized carbons (Fsp3) is 0. The Balaban J connectivity index is -0.0000000133. The third-order valence-electron chi connectivity index (χ3n) is 0. The van der Waals surface area contributed by atoms with Crippen molar-refractivity contribution in [2.75, 3.05) is 0 Å². The zero-order chi connectivity index (χ0) is 4.50. The van der Waals surface area contributed by atoms with Crippen LogP contribution in [0.3, 0.4) is 0 Å². The summed E-state index contributed by atoms with van der Waals surface area (Å²) in [7, 11) is -5.39. The Morgan fingerprint density at radius 3 is 1.00 bits per heavy atom. The Hall–Kier alpha value is 2.27. The summed E-state index contributed by atoms with van der Waals surface area (Å²) in [5.74, 6) is 0. The van der Waals surface area contributed by atoms with Gasteiger partial charge >= 0.3 is 70.1 Å². The fourth-order valence-electron chi connectivity index (χ4n) is 0. The van der Waals surface area contributed by atoms with Crippen LogP contribution in [0.2, 0.25) is 0 Å². The van der Waals surface area contributed by atoms with Gasteiger partial charge in [-0.05, 0) is 0 Å². The van der Waals surface area contributed by atoms with Crippen molar-refractivity contribution in [3.63, 3.8) is 0 Å². The summed E-state index contributed by atoms with van der Waals surface area (Å²) < 4.78 is 8.55. The third kappa shape index (κ3) is 137. The minimum absolute atomic E-state index is 0. The average Bonchev–Trinajstić information content (AvgIpc) is 0.722. The number of hydrogen-bond acceptors (Lipinski definition) is 4. The average molecular weight is 268 g/mol. The van der Waals surface area contributed by atoms with Gasteiger partial charge < -0.3 is 19.2 Å². The predicted octanol–water partition coefficient (Wildman–Crippen LogP) is -5.83. The maximum Gasteiger partial charge on any atom is 2.00 e. The summed E-state index contributed by atoms with van der Waals surface area (Å²) in [5.41, 5.74) is 0. The van der Waals surface area contributed by atoms with E-state index in [9.17, 15) is 0 Å². The van der Waals surface area contributed by atoms with Crippen LogP contribution in [0, 0.1) is 0 Å². The van der Waals surface area contributed by atoms with Gasteiger partial charge in [-0.25, -0.2) is 0 Å². The molecule has 9 heavy (non-hydrogen) atoms. The van der Waals surface area contributed by atoms with Crippen LogP contribution < -0.4 is 33.5 Å². The maximum absolute atomic E-state index is 8.55. The van der Waals surface area contributed by atoms with Gasteiger partial charge in [0.2, 0.25) is 0 Å². The number of rotatable bonds is 0. The van der Waals surface area contributed by atoms with Gasteiger partial charge in [-0.2, -0.15) is 7.82 Å². The van der Waals surface area contributed by atoms with E-state index in [2.05, 4.69) is 0 Å². The third-order valence-corrected chi connectivity index (χ3v) is 0. The van der Waals surface area contributed by atoms with Crippen LogP contribution in [0.15, 0.2) is 0 Å². The minimum Gasteiger partial charge on any atom is -0.822 e. The molecule has 0 saturated heterocycles. The molecule has 0 N–H and O–H groups in total. The van der Waals surface area contributed by atoms with E-state index in [1.807, 2.05) is 0 Å². The van der Waals surface area contributed by atoms with E-state index < -0.39 is 7.82 Å². The second-order valence-corrected chi connectivity index (χ2v) is 1.34. The predicted molar refractivity (Wildman–Crippen MR) is 7.61 cm³/mol. The molecule has 0 spiro atoms. The molecule has 0 heterocycles. The fourth-order valence-corrected chi connectivity index (χ4v) is 0. The smallest absolute Gasteiger partial charge is 0.822 e. The first-order chi connectivity index (χ1) is 2.00. The molecule has 0 bridgehead atoms. The van der Waals surface area contributed by atoms with Gasteiger partial charge in [0.15, 0.2) is 0 Å². The van der Waals surface area contributed by atoms with Crippen LogP contribution in [-0.4, -0.2) is 0 Å². The minimum atomic E-state index is -5.39. The van der Waals surface area contributed by atoms with Crippen molar-refractivity contribution < 1.29 is 89.3 Å². The topological polar surface area (TPSA) is 86.2 Å². The van der Waals surface area contributed by atoms with E-state index in [0.717, 1.165) is 0 Å². The van der Waals surface area contributed by atoms with Crippen molar-refractivity contribution in [1.29, 1.82) is 0 Å². The summed E-state index contributed by atoms with van der Waals surface area (Å²) in [5, 5.41) is 0. The van der Waals surface area contributed by atoms with Crippen molar-refractivity contribution in [2.24, 2.45) is 0 Å². The van der Waals surface area contributed by atoms with E-state index in [0.29, 0.717) is 0 Å². The van der Waals surface area contributed by atoms with Crippen LogP contribution in [0.5, 0.6) is 0 Å². The van der Waals surface area contributed by atoms with E-state index in [1.165, 1.54) is 0 Å². The summed E-state index contributed by atoms with van der Waals surface area (Å²) in [4.78, 5) is 25.6. The largest absolute Gasteiger partial charge is 2.00 e. The second kappa shape index (κ2) is 12.9. The van der Waals surface area contributed by atoms with Crippen molar-refractivity contribution >= 4 is 7.82 Å². The Morgan fingerprint density at radius 1 is 1.00 bits per heavy atom. The Kier molecular flexibility index (Phi) is 43.3. The first-order valence-electron chi connectivity index (χ1n) is 0.730. The molecule has 0 rings (SSSR count). The van der Waals surface area contributed by atoms with Crippen molar-refractivity contribution in [3.8, 4) is 0 Å². The van der Waals surface area contributed by atoms with Crippen molar-refractivity contribution in [1.82, 2.24) is 0 Å². The van der Waals surface area contributed by atoms with Gasteiger partial charge in [-0.3, -0.25) is 0 Å². The van der Waals surface area contributed by atoms with Crippen molar-refractivity contribution in [2.45, 2.75) is 0 Å². The van der Waals surface area contributed by atoms with E-state index in [-0.39, 0.29) is 70.1 Å². The molecular weight excluding hydrogens is 268 g/mol. The quantitative estimate of drug-likeness (QED) is 0.323. The van der Waals surface area contributed by atoms with Gasteiger partial charge in [-0.15, -0.1) is 0 Å². The van der Waals surface area contributed by atoms with Crippen LogP contribution >= 0.6 is 7.82 Å². The molecule has 0 fully saturated rings. The van der Waals surface area contributed by atoms with Gasteiger partial charge in [0.05, 0.1) is 0 Å².